The van der Waals surface area contributed by atoms with Crippen LogP contribution in [0.2, 0.25) is 0 Å². The summed E-state index contributed by atoms with van der Waals surface area (Å²) < 4.78 is 36.7. The zero-order valence-corrected chi connectivity index (χ0v) is 13.0. The normalized spacial score (nSPS) is 18.5. The average Bonchev–Trinajstić information content (AvgIpc) is 2.41. The Balaban J connectivity index is 1.87. The lowest BCUT2D eigenvalue weighted by Gasteiger charge is -2.37. The molecule has 0 aliphatic carbocycles. The number of anilines is 1. The molecule has 0 spiro atoms. The van der Waals surface area contributed by atoms with E-state index >= 15 is 0 Å². The van der Waals surface area contributed by atoms with Crippen molar-refractivity contribution in [2.45, 2.75) is 32.5 Å². The number of piperazine rings is 1. The maximum absolute atomic E-state index is 12.2. The Labute approximate surface area is 129 Å². The first-order chi connectivity index (χ1) is 10.3. The molecule has 0 aromatic heterocycles. The van der Waals surface area contributed by atoms with Crippen molar-refractivity contribution < 1.29 is 18.3 Å². The number of aliphatic hydroxyl groups excluding tert-OH is 1. The summed E-state index contributed by atoms with van der Waals surface area (Å²) >= 11 is 0. The van der Waals surface area contributed by atoms with Crippen LogP contribution < -0.4 is 4.90 Å². The predicted octanol–water partition coefficient (Wildman–Crippen LogP) is 2.74. The van der Waals surface area contributed by atoms with Gasteiger partial charge in [-0.25, -0.2) is 0 Å². The van der Waals surface area contributed by atoms with Gasteiger partial charge in [-0.2, -0.15) is 13.2 Å². The summed E-state index contributed by atoms with van der Waals surface area (Å²) in [5.41, 5.74) is 3.67. The van der Waals surface area contributed by atoms with Gasteiger partial charge < -0.3 is 10.0 Å². The fourth-order valence-corrected chi connectivity index (χ4v) is 2.88. The van der Waals surface area contributed by atoms with Crippen LogP contribution in [0.4, 0.5) is 18.9 Å². The molecule has 0 unspecified atom stereocenters. The van der Waals surface area contributed by atoms with Gasteiger partial charge in [-0.3, -0.25) is 4.90 Å². The van der Waals surface area contributed by atoms with Crippen molar-refractivity contribution in [2.75, 3.05) is 37.6 Å². The van der Waals surface area contributed by atoms with Crippen molar-refractivity contribution in [1.82, 2.24) is 4.90 Å². The maximum Gasteiger partial charge on any atom is 0.391 e. The third kappa shape index (κ3) is 4.61. The van der Waals surface area contributed by atoms with E-state index in [4.69, 9.17) is 0 Å². The Morgan fingerprint density at radius 1 is 1.14 bits per heavy atom. The van der Waals surface area contributed by atoms with Gasteiger partial charge >= 0.3 is 6.18 Å². The number of aliphatic hydroxyl groups is 1. The Hall–Kier alpha value is -1.27. The number of benzene rings is 1. The highest BCUT2D eigenvalue weighted by Crippen LogP contribution is 2.25. The van der Waals surface area contributed by atoms with Crippen molar-refractivity contribution in [3.63, 3.8) is 0 Å². The number of rotatable bonds is 4. The van der Waals surface area contributed by atoms with Gasteiger partial charge in [-0.05, 0) is 31.0 Å². The van der Waals surface area contributed by atoms with E-state index in [2.05, 4.69) is 30.9 Å². The zero-order valence-electron chi connectivity index (χ0n) is 13.0. The zero-order chi connectivity index (χ0) is 16.3. The molecule has 0 amide bonds. The molecular formula is C16H23F3N2O. The molecule has 1 aromatic carbocycles. The number of aryl methyl sites for hydroxylation is 1. The highest BCUT2D eigenvalue weighted by Gasteiger charge is 2.32. The first kappa shape index (κ1) is 17.1. The molecule has 2 rings (SSSR count). The van der Waals surface area contributed by atoms with Gasteiger partial charge in [0.25, 0.3) is 0 Å². The van der Waals surface area contributed by atoms with Gasteiger partial charge in [0.1, 0.15) is 0 Å². The van der Waals surface area contributed by atoms with Crippen molar-refractivity contribution in [1.29, 1.82) is 0 Å². The average molecular weight is 316 g/mol. The number of halogens is 3. The topological polar surface area (TPSA) is 26.7 Å². The SMILES string of the molecule is Cc1cccc(N2CCN(C[C@H](O)CC(F)(F)F)CC2)c1C. The summed E-state index contributed by atoms with van der Waals surface area (Å²) in [5.74, 6) is 0. The molecule has 1 atom stereocenters. The molecule has 0 bridgehead atoms. The van der Waals surface area contributed by atoms with Crippen LogP contribution in [0.3, 0.4) is 0 Å². The lowest BCUT2D eigenvalue weighted by Crippen LogP contribution is -2.49. The quantitative estimate of drug-likeness (QED) is 0.925. The third-order valence-electron chi connectivity index (χ3n) is 4.23. The minimum absolute atomic E-state index is 0.0835. The predicted molar refractivity (Wildman–Crippen MR) is 81.2 cm³/mol. The number of hydrogen-bond donors (Lipinski definition) is 1. The van der Waals surface area contributed by atoms with Crippen LogP contribution in [0.25, 0.3) is 0 Å². The van der Waals surface area contributed by atoms with Gasteiger partial charge in [-0.15, -0.1) is 0 Å². The Bertz CT molecular complexity index is 497. The molecule has 1 aliphatic heterocycles. The van der Waals surface area contributed by atoms with Crippen molar-refractivity contribution in [3.05, 3.63) is 29.3 Å². The standard InChI is InChI=1S/C16H23F3N2O/c1-12-4-3-5-15(13(12)2)21-8-6-20(7-9-21)11-14(22)10-16(17,18)19/h3-5,14,22H,6-11H2,1-2H3/t14-/m1/s1. The molecule has 1 fully saturated rings. The van der Waals surface area contributed by atoms with Crippen LogP contribution in [0.5, 0.6) is 0 Å². The van der Waals surface area contributed by atoms with E-state index in [1.54, 1.807) is 0 Å². The van der Waals surface area contributed by atoms with Crippen LogP contribution >= 0.6 is 0 Å². The minimum Gasteiger partial charge on any atom is -0.391 e. The number of β-amino-alcohol motifs (C(OH)–C–C–N with tert-alkyl or cyclic N) is 1. The van der Waals surface area contributed by atoms with E-state index in [0.717, 1.165) is 13.1 Å². The molecule has 22 heavy (non-hydrogen) atoms. The molecule has 1 aliphatic rings. The lowest BCUT2D eigenvalue weighted by atomic mass is 10.1. The highest BCUT2D eigenvalue weighted by atomic mass is 19.4. The van der Waals surface area contributed by atoms with E-state index in [-0.39, 0.29) is 6.54 Å². The second-order valence-electron chi connectivity index (χ2n) is 5.98. The van der Waals surface area contributed by atoms with Gasteiger partial charge in [0, 0.05) is 38.4 Å². The van der Waals surface area contributed by atoms with Crippen molar-refractivity contribution in [2.24, 2.45) is 0 Å². The molecule has 1 heterocycles. The van der Waals surface area contributed by atoms with Crippen molar-refractivity contribution >= 4 is 5.69 Å². The summed E-state index contributed by atoms with van der Waals surface area (Å²) in [4.78, 5) is 4.16. The van der Waals surface area contributed by atoms with E-state index < -0.39 is 18.7 Å². The van der Waals surface area contributed by atoms with Gasteiger partial charge in [0.05, 0.1) is 12.5 Å². The number of alkyl halides is 3. The molecule has 3 nitrogen and oxygen atoms in total. The number of hydrogen-bond acceptors (Lipinski definition) is 3. The monoisotopic (exact) mass is 316 g/mol. The van der Waals surface area contributed by atoms with Crippen LogP contribution in [0.1, 0.15) is 17.5 Å². The second kappa shape index (κ2) is 6.87. The van der Waals surface area contributed by atoms with E-state index in [1.165, 1.54) is 16.8 Å². The molecule has 6 heteroatoms. The Morgan fingerprint density at radius 2 is 1.77 bits per heavy atom. The van der Waals surface area contributed by atoms with E-state index in [0.29, 0.717) is 13.1 Å². The molecule has 1 aromatic rings. The molecule has 1 N–H and O–H groups in total. The maximum atomic E-state index is 12.2. The fourth-order valence-electron chi connectivity index (χ4n) is 2.88. The first-order valence-electron chi connectivity index (χ1n) is 7.54. The number of nitrogens with zero attached hydrogens (tertiary/aromatic N) is 2. The second-order valence-corrected chi connectivity index (χ2v) is 5.98. The summed E-state index contributed by atoms with van der Waals surface area (Å²) in [6.07, 6.45) is -6.78. The first-order valence-corrected chi connectivity index (χ1v) is 7.54. The molecular weight excluding hydrogens is 293 g/mol. The van der Waals surface area contributed by atoms with Crippen LogP contribution in [0, 0.1) is 13.8 Å². The Morgan fingerprint density at radius 3 is 2.36 bits per heavy atom. The van der Waals surface area contributed by atoms with Crippen LogP contribution in [-0.4, -0.2) is 55.0 Å². The molecule has 0 radical (unpaired) electrons. The fraction of sp³-hybridized carbons (Fsp3) is 0.625. The third-order valence-corrected chi connectivity index (χ3v) is 4.23. The van der Waals surface area contributed by atoms with Crippen molar-refractivity contribution in [3.8, 4) is 0 Å². The summed E-state index contributed by atoms with van der Waals surface area (Å²) in [6.45, 7) is 7.11. The van der Waals surface area contributed by atoms with Gasteiger partial charge in [-0.1, -0.05) is 12.1 Å². The molecule has 0 saturated carbocycles. The summed E-state index contributed by atoms with van der Waals surface area (Å²) in [5, 5.41) is 9.53. The highest BCUT2D eigenvalue weighted by molar-refractivity contribution is 5.56. The van der Waals surface area contributed by atoms with Gasteiger partial charge in [0.2, 0.25) is 0 Å². The van der Waals surface area contributed by atoms with Crippen LogP contribution in [-0.2, 0) is 0 Å². The summed E-state index contributed by atoms with van der Waals surface area (Å²) in [7, 11) is 0. The smallest absolute Gasteiger partial charge is 0.391 e. The molecule has 1 saturated heterocycles. The summed E-state index contributed by atoms with van der Waals surface area (Å²) in [6, 6.07) is 6.18. The van der Waals surface area contributed by atoms with Gasteiger partial charge in [0.15, 0.2) is 0 Å². The Kier molecular flexibility index (Phi) is 5.34. The largest absolute Gasteiger partial charge is 0.391 e. The van der Waals surface area contributed by atoms with Crippen LogP contribution in [0.15, 0.2) is 18.2 Å². The minimum atomic E-state index is -4.31. The molecule has 124 valence electrons. The van der Waals surface area contributed by atoms with E-state index in [1.807, 2.05) is 11.0 Å². The van der Waals surface area contributed by atoms with E-state index in [9.17, 15) is 18.3 Å². The lowest BCUT2D eigenvalue weighted by molar-refractivity contribution is -0.155.